The molecule has 0 aromatic rings. The van der Waals surface area contributed by atoms with Crippen LogP contribution in [0.3, 0.4) is 0 Å². The third-order valence-corrected chi connectivity index (χ3v) is 1.34. The second kappa shape index (κ2) is 4.92. The van der Waals surface area contributed by atoms with Gasteiger partial charge in [-0.05, 0) is 18.2 Å². The summed E-state index contributed by atoms with van der Waals surface area (Å²) in [5.74, 6) is -2.19. The smallest absolute Gasteiger partial charge is 0.321 e. The first-order valence-corrected chi connectivity index (χ1v) is 3.26. The summed E-state index contributed by atoms with van der Waals surface area (Å²) in [6.07, 6.45) is -0.231. The Bertz CT molecular complexity index is 161. The molecule has 1 atom stereocenters. The van der Waals surface area contributed by atoms with E-state index in [0.717, 1.165) is 0 Å². The standard InChI is InChI=1S/C5H8ClNO4/c6-7-3(5(10)11)1-2-4(8)9/h3,7H,1-2H2,(H,8,9)(H,10,11)/t3-/m0/s1. The van der Waals surface area contributed by atoms with Crippen LogP contribution in [0.5, 0.6) is 0 Å². The van der Waals surface area contributed by atoms with E-state index in [4.69, 9.17) is 22.0 Å². The zero-order chi connectivity index (χ0) is 8.85. The minimum Gasteiger partial charge on any atom is -0.481 e. The maximum atomic E-state index is 10.2. The fourth-order valence-electron chi connectivity index (χ4n) is 0.493. The molecule has 0 rings (SSSR count). The van der Waals surface area contributed by atoms with Crippen LogP contribution in [0.1, 0.15) is 12.8 Å². The van der Waals surface area contributed by atoms with Crippen LogP contribution < -0.4 is 4.84 Å². The van der Waals surface area contributed by atoms with E-state index >= 15 is 0 Å². The second-order valence-corrected chi connectivity index (χ2v) is 2.15. The monoisotopic (exact) mass is 181 g/mol. The van der Waals surface area contributed by atoms with E-state index in [0.29, 0.717) is 0 Å². The molecule has 64 valence electrons. The van der Waals surface area contributed by atoms with E-state index in [2.05, 4.69) is 0 Å². The van der Waals surface area contributed by atoms with E-state index in [1.807, 2.05) is 4.84 Å². The molecule has 0 bridgehead atoms. The van der Waals surface area contributed by atoms with Crippen LogP contribution in [0.15, 0.2) is 0 Å². The predicted molar refractivity (Wildman–Crippen MR) is 37.3 cm³/mol. The molecule has 0 aromatic carbocycles. The van der Waals surface area contributed by atoms with Crippen molar-refractivity contribution in [3.8, 4) is 0 Å². The summed E-state index contributed by atoms with van der Waals surface area (Å²) in [6, 6.07) is -0.993. The molecule has 3 N–H and O–H groups in total. The molecule has 0 aliphatic rings. The number of carboxylic acids is 2. The zero-order valence-electron chi connectivity index (χ0n) is 5.58. The molecule has 5 nitrogen and oxygen atoms in total. The lowest BCUT2D eigenvalue weighted by Crippen LogP contribution is -2.30. The minimum atomic E-state index is -1.15. The topological polar surface area (TPSA) is 86.6 Å². The quantitative estimate of drug-likeness (QED) is 0.522. The Hall–Kier alpha value is -0.810. The summed E-state index contributed by atoms with van der Waals surface area (Å²) in [5, 5.41) is 16.5. The van der Waals surface area contributed by atoms with E-state index < -0.39 is 18.0 Å². The largest absolute Gasteiger partial charge is 0.481 e. The Morgan fingerprint density at radius 3 is 2.27 bits per heavy atom. The normalized spacial score (nSPS) is 12.5. The predicted octanol–water partition coefficient (Wildman–Crippen LogP) is 0.0478. The molecular formula is C5H8ClNO4. The first-order valence-electron chi connectivity index (χ1n) is 2.88. The maximum Gasteiger partial charge on any atom is 0.321 e. The molecular weight excluding hydrogens is 174 g/mol. The van der Waals surface area contributed by atoms with Gasteiger partial charge in [0.2, 0.25) is 0 Å². The molecule has 0 aromatic heterocycles. The Kier molecular flexibility index (Phi) is 4.56. The lowest BCUT2D eigenvalue weighted by Gasteiger charge is -2.05. The van der Waals surface area contributed by atoms with Crippen molar-refractivity contribution in [3.63, 3.8) is 0 Å². The molecule has 0 radical (unpaired) electrons. The molecule has 0 aliphatic carbocycles. The van der Waals surface area contributed by atoms with Crippen LogP contribution in [0, 0.1) is 0 Å². The van der Waals surface area contributed by atoms with Crippen LogP contribution in [-0.2, 0) is 9.59 Å². The van der Waals surface area contributed by atoms with Crippen molar-refractivity contribution in [2.45, 2.75) is 18.9 Å². The third kappa shape index (κ3) is 4.58. The zero-order valence-corrected chi connectivity index (χ0v) is 6.34. The number of rotatable bonds is 5. The van der Waals surface area contributed by atoms with Crippen molar-refractivity contribution >= 4 is 23.7 Å². The van der Waals surface area contributed by atoms with Gasteiger partial charge < -0.3 is 10.2 Å². The van der Waals surface area contributed by atoms with Crippen LogP contribution >= 0.6 is 11.8 Å². The first kappa shape index (κ1) is 10.2. The fourth-order valence-corrected chi connectivity index (χ4v) is 0.695. The Morgan fingerprint density at radius 2 is 2.00 bits per heavy atom. The van der Waals surface area contributed by atoms with E-state index in [-0.39, 0.29) is 12.8 Å². The summed E-state index contributed by atoms with van der Waals surface area (Å²) >= 11 is 5.02. The van der Waals surface area contributed by atoms with Gasteiger partial charge in [-0.2, -0.15) is 0 Å². The molecule has 0 heterocycles. The Balaban J connectivity index is 3.70. The van der Waals surface area contributed by atoms with Gasteiger partial charge in [-0.3, -0.25) is 9.59 Å². The number of hydrogen-bond donors (Lipinski definition) is 3. The summed E-state index contributed by atoms with van der Waals surface area (Å²) in [6.45, 7) is 0. The highest BCUT2D eigenvalue weighted by Crippen LogP contribution is 1.98. The fraction of sp³-hybridized carbons (Fsp3) is 0.600. The second-order valence-electron chi connectivity index (χ2n) is 1.93. The molecule has 0 aliphatic heterocycles. The average molecular weight is 182 g/mol. The molecule has 0 fully saturated rings. The summed E-state index contributed by atoms with van der Waals surface area (Å²) in [5.41, 5.74) is 0. The van der Waals surface area contributed by atoms with Crippen LogP contribution in [0.2, 0.25) is 0 Å². The Morgan fingerprint density at radius 1 is 1.45 bits per heavy atom. The van der Waals surface area contributed by atoms with E-state index in [9.17, 15) is 9.59 Å². The number of aliphatic carboxylic acids is 2. The first-order chi connectivity index (χ1) is 5.07. The van der Waals surface area contributed by atoms with Crippen LogP contribution in [-0.4, -0.2) is 28.2 Å². The number of carbonyl (C=O) groups is 2. The van der Waals surface area contributed by atoms with Crippen molar-refractivity contribution in [3.05, 3.63) is 0 Å². The molecule has 0 amide bonds. The molecule has 0 saturated carbocycles. The van der Waals surface area contributed by atoms with Gasteiger partial charge in [0.05, 0.1) is 0 Å². The highest BCUT2D eigenvalue weighted by Gasteiger charge is 2.16. The highest BCUT2D eigenvalue weighted by molar-refractivity contribution is 6.14. The van der Waals surface area contributed by atoms with Crippen molar-refractivity contribution in [2.75, 3.05) is 0 Å². The summed E-state index contributed by atoms with van der Waals surface area (Å²) < 4.78 is 0. The van der Waals surface area contributed by atoms with Crippen molar-refractivity contribution in [2.24, 2.45) is 0 Å². The van der Waals surface area contributed by atoms with Gasteiger partial charge in [-0.25, -0.2) is 4.84 Å². The third-order valence-electron chi connectivity index (χ3n) is 1.08. The van der Waals surface area contributed by atoms with Crippen LogP contribution in [0.25, 0.3) is 0 Å². The number of hydrogen-bond acceptors (Lipinski definition) is 3. The SMILES string of the molecule is O=C(O)CC[C@H](NCl)C(=O)O. The van der Waals surface area contributed by atoms with Gasteiger partial charge in [-0.15, -0.1) is 0 Å². The molecule has 0 spiro atoms. The van der Waals surface area contributed by atoms with Crippen molar-refractivity contribution in [1.82, 2.24) is 4.84 Å². The van der Waals surface area contributed by atoms with Gasteiger partial charge >= 0.3 is 11.9 Å². The van der Waals surface area contributed by atoms with Gasteiger partial charge in [0.15, 0.2) is 0 Å². The van der Waals surface area contributed by atoms with Crippen molar-refractivity contribution < 1.29 is 19.8 Å². The minimum absolute atomic E-state index is 0.0197. The van der Waals surface area contributed by atoms with Crippen LogP contribution in [0.4, 0.5) is 0 Å². The van der Waals surface area contributed by atoms with Gasteiger partial charge in [0.25, 0.3) is 0 Å². The maximum absolute atomic E-state index is 10.2. The molecule has 6 heteroatoms. The van der Waals surface area contributed by atoms with Gasteiger partial charge in [0.1, 0.15) is 6.04 Å². The molecule has 0 unspecified atom stereocenters. The lowest BCUT2D eigenvalue weighted by atomic mass is 10.2. The van der Waals surface area contributed by atoms with Crippen molar-refractivity contribution in [1.29, 1.82) is 0 Å². The average Bonchev–Trinajstić information content (AvgIpc) is 1.87. The molecule has 0 saturated heterocycles. The number of halogens is 1. The lowest BCUT2D eigenvalue weighted by molar-refractivity contribution is -0.140. The van der Waals surface area contributed by atoms with E-state index in [1.165, 1.54) is 0 Å². The highest BCUT2D eigenvalue weighted by atomic mass is 35.5. The van der Waals surface area contributed by atoms with E-state index in [1.54, 1.807) is 0 Å². The van der Waals surface area contributed by atoms with Gasteiger partial charge in [0, 0.05) is 6.42 Å². The molecule has 11 heavy (non-hydrogen) atoms. The Labute approximate surface area is 68.1 Å². The number of nitrogens with one attached hydrogen (secondary N) is 1. The number of carboxylic acid groups (broad SMARTS) is 2. The summed E-state index contributed by atoms with van der Waals surface area (Å²) in [4.78, 5) is 22.1. The van der Waals surface area contributed by atoms with Gasteiger partial charge in [-0.1, -0.05) is 0 Å². The summed E-state index contributed by atoms with van der Waals surface area (Å²) in [7, 11) is 0.